The Kier molecular flexibility index (Phi) is 5.09. The summed E-state index contributed by atoms with van der Waals surface area (Å²) in [4.78, 5) is 11.4. The number of aliphatic carboxylic acids is 1. The first-order valence-corrected chi connectivity index (χ1v) is 10.2. The summed E-state index contributed by atoms with van der Waals surface area (Å²) >= 11 is 6.07. The zero-order valence-corrected chi connectivity index (χ0v) is 15.9. The smallest absolute Gasteiger partial charge is 0.426 e. The highest BCUT2D eigenvalue weighted by molar-refractivity contribution is 7.90. The topological polar surface area (TPSA) is 80.7 Å². The van der Waals surface area contributed by atoms with Crippen molar-refractivity contribution in [1.29, 1.82) is 0 Å². The Morgan fingerprint density at radius 1 is 1.21 bits per heavy atom. The van der Waals surface area contributed by atoms with Gasteiger partial charge < -0.3 is 9.84 Å². The van der Waals surface area contributed by atoms with Crippen LogP contribution in [0.4, 0.5) is 13.2 Å². The average molecular weight is 435 g/mol. The van der Waals surface area contributed by atoms with Crippen molar-refractivity contribution in [3.8, 4) is 16.9 Å². The monoisotopic (exact) mass is 434 g/mol. The largest absolute Gasteiger partial charge is 0.481 e. The SMILES string of the molecule is CS(=O)(=O)c1ccc(-c2cc(Cl)cc3c2O[C@H](C(F)(F)F)[C@H](C(=O)O)C3)cc1. The maximum absolute atomic E-state index is 13.4. The normalized spacial score (nSPS) is 19.6. The van der Waals surface area contributed by atoms with Crippen molar-refractivity contribution < 1.29 is 36.2 Å². The Morgan fingerprint density at radius 3 is 2.32 bits per heavy atom. The number of carbonyl (C=O) groups is 1. The zero-order valence-electron chi connectivity index (χ0n) is 14.3. The number of rotatable bonds is 3. The summed E-state index contributed by atoms with van der Waals surface area (Å²) in [6.07, 6.45) is -6.75. The molecule has 3 rings (SSSR count). The van der Waals surface area contributed by atoms with Gasteiger partial charge in [0.1, 0.15) is 11.7 Å². The fourth-order valence-corrected chi connectivity index (χ4v) is 3.97. The summed E-state index contributed by atoms with van der Waals surface area (Å²) < 4.78 is 68.4. The molecule has 0 spiro atoms. The Hall–Kier alpha value is -2.26. The van der Waals surface area contributed by atoms with Crippen LogP contribution in [0.5, 0.6) is 5.75 Å². The highest BCUT2D eigenvalue weighted by Crippen LogP contribution is 2.45. The molecule has 2 aromatic rings. The highest BCUT2D eigenvalue weighted by Gasteiger charge is 2.52. The van der Waals surface area contributed by atoms with Crippen molar-refractivity contribution in [2.45, 2.75) is 23.6 Å². The number of benzene rings is 2. The van der Waals surface area contributed by atoms with Crippen LogP contribution < -0.4 is 4.74 Å². The van der Waals surface area contributed by atoms with Gasteiger partial charge in [0.2, 0.25) is 6.10 Å². The maximum Gasteiger partial charge on any atom is 0.426 e. The molecular formula is C18H14ClF3O5S. The van der Waals surface area contributed by atoms with Crippen molar-refractivity contribution in [2.24, 2.45) is 5.92 Å². The van der Waals surface area contributed by atoms with E-state index in [1.54, 1.807) is 0 Å². The maximum atomic E-state index is 13.4. The Morgan fingerprint density at radius 2 is 1.82 bits per heavy atom. The molecular weight excluding hydrogens is 421 g/mol. The van der Waals surface area contributed by atoms with Gasteiger partial charge in [-0.3, -0.25) is 4.79 Å². The van der Waals surface area contributed by atoms with Gasteiger partial charge in [0.25, 0.3) is 0 Å². The van der Waals surface area contributed by atoms with Crippen LogP contribution in [0.3, 0.4) is 0 Å². The van der Waals surface area contributed by atoms with Gasteiger partial charge >= 0.3 is 12.1 Å². The Balaban J connectivity index is 2.13. The average Bonchev–Trinajstić information content (AvgIpc) is 2.58. The van der Waals surface area contributed by atoms with E-state index in [2.05, 4.69) is 0 Å². The summed E-state index contributed by atoms with van der Waals surface area (Å²) in [6, 6.07) is 8.26. The number of sulfone groups is 1. The summed E-state index contributed by atoms with van der Waals surface area (Å²) in [5.41, 5.74) is 0.851. The standard InChI is InChI=1S/C18H14ClF3O5S/c1-28(25,26)12-4-2-9(3-5-12)13-8-11(19)6-10-7-14(17(23)24)16(18(20,21)22)27-15(10)13/h2-6,8,14,16H,7H2,1H3,(H,23,24)/t14-,16+/m1/s1. The van der Waals surface area contributed by atoms with Gasteiger partial charge in [-0.2, -0.15) is 13.2 Å². The molecule has 1 N–H and O–H groups in total. The van der Waals surface area contributed by atoms with Crippen LogP contribution in [-0.4, -0.2) is 38.0 Å². The molecule has 150 valence electrons. The summed E-state index contributed by atoms with van der Waals surface area (Å²) in [5.74, 6) is -3.53. The van der Waals surface area contributed by atoms with E-state index < -0.39 is 40.4 Å². The summed E-state index contributed by atoms with van der Waals surface area (Å²) in [5, 5.41) is 9.38. The zero-order chi connectivity index (χ0) is 20.9. The molecule has 1 aliphatic heterocycles. The third-order valence-corrected chi connectivity index (χ3v) is 5.76. The van der Waals surface area contributed by atoms with Crippen molar-refractivity contribution in [1.82, 2.24) is 0 Å². The van der Waals surface area contributed by atoms with Crippen LogP contribution in [0.2, 0.25) is 5.02 Å². The number of carboxylic acids is 1. The van der Waals surface area contributed by atoms with E-state index in [9.17, 15) is 31.5 Å². The molecule has 0 amide bonds. The lowest BCUT2D eigenvalue weighted by molar-refractivity contribution is -0.217. The van der Waals surface area contributed by atoms with Gasteiger partial charge in [-0.05, 0) is 41.8 Å². The van der Waals surface area contributed by atoms with Crippen molar-refractivity contribution in [2.75, 3.05) is 6.26 Å². The summed E-state index contributed by atoms with van der Waals surface area (Å²) in [7, 11) is -3.44. The molecule has 2 atom stereocenters. The molecule has 1 heterocycles. The fraction of sp³-hybridized carbons (Fsp3) is 0.278. The minimum Gasteiger partial charge on any atom is -0.481 e. The molecule has 0 aromatic heterocycles. The number of carboxylic acid groups (broad SMARTS) is 1. The van der Waals surface area contributed by atoms with E-state index in [0.29, 0.717) is 5.56 Å². The Bertz CT molecular complexity index is 1030. The first-order valence-electron chi connectivity index (χ1n) is 7.97. The van der Waals surface area contributed by atoms with Crippen LogP contribution >= 0.6 is 11.6 Å². The molecule has 0 fully saturated rings. The molecule has 0 aliphatic carbocycles. The second-order valence-corrected chi connectivity index (χ2v) is 8.92. The molecule has 2 aromatic carbocycles. The number of fused-ring (bicyclic) bond motifs is 1. The van der Waals surface area contributed by atoms with Gasteiger partial charge in [0.15, 0.2) is 9.84 Å². The van der Waals surface area contributed by atoms with E-state index in [0.717, 1.165) is 6.26 Å². The second kappa shape index (κ2) is 6.97. The van der Waals surface area contributed by atoms with Crippen LogP contribution in [0.15, 0.2) is 41.3 Å². The number of ether oxygens (including phenoxy) is 1. The van der Waals surface area contributed by atoms with Crippen molar-refractivity contribution in [3.63, 3.8) is 0 Å². The van der Waals surface area contributed by atoms with E-state index in [1.165, 1.54) is 36.4 Å². The molecule has 0 radical (unpaired) electrons. The third-order valence-electron chi connectivity index (χ3n) is 4.41. The first-order chi connectivity index (χ1) is 12.9. The highest BCUT2D eigenvalue weighted by atomic mass is 35.5. The van der Waals surface area contributed by atoms with E-state index in [4.69, 9.17) is 16.3 Å². The molecule has 0 bridgehead atoms. The van der Waals surface area contributed by atoms with Crippen LogP contribution in [-0.2, 0) is 21.1 Å². The molecule has 10 heteroatoms. The Labute approximate surface area is 163 Å². The van der Waals surface area contributed by atoms with Crippen LogP contribution in [0.25, 0.3) is 11.1 Å². The molecule has 5 nitrogen and oxygen atoms in total. The predicted molar refractivity (Wildman–Crippen MR) is 95.3 cm³/mol. The van der Waals surface area contributed by atoms with E-state index in [1.807, 2.05) is 0 Å². The van der Waals surface area contributed by atoms with Gasteiger partial charge in [-0.25, -0.2) is 8.42 Å². The fourth-order valence-electron chi connectivity index (χ4n) is 3.10. The summed E-state index contributed by atoms with van der Waals surface area (Å²) in [6.45, 7) is 0. The van der Waals surface area contributed by atoms with Crippen molar-refractivity contribution in [3.05, 3.63) is 47.0 Å². The van der Waals surface area contributed by atoms with Crippen LogP contribution in [0, 0.1) is 5.92 Å². The second-order valence-electron chi connectivity index (χ2n) is 6.47. The molecule has 0 saturated carbocycles. The van der Waals surface area contributed by atoms with Gasteiger partial charge in [-0.1, -0.05) is 23.7 Å². The number of halogens is 4. The number of alkyl halides is 3. The third kappa shape index (κ3) is 3.95. The quantitative estimate of drug-likeness (QED) is 0.790. The van der Waals surface area contributed by atoms with E-state index >= 15 is 0 Å². The van der Waals surface area contributed by atoms with Gasteiger partial charge in [-0.15, -0.1) is 0 Å². The minimum atomic E-state index is -4.88. The van der Waals surface area contributed by atoms with Gasteiger partial charge in [0, 0.05) is 16.8 Å². The molecule has 1 aliphatic rings. The number of hydrogen-bond donors (Lipinski definition) is 1. The van der Waals surface area contributed by atoms with Gasteiger partial charge in [0.05, 0.1) is 4.90 Å². The minimum absolute atomic E-state index is 0.0483. The lowest BCUT2D eigenvalue weighted by Crippen LogP contribution is -2.47. The predicted octanol–water partition coefficient (Wildman–Crippen LogP) is 3.98. The van der Waals surface area contributed by atoms with E-state index in [-0.39, 0.29) is 26.8 Å². The lowest BCUT2D eigenvalue weighted by atomic mass is 9.88. The van der Waals surface area contributed by atoms with Crippen molar-refractivity contribution >= 4 is 27.4 Å². The van der Waals surface area contributed by atoms with Crippen LogP contribution in [0.1, 0.15) is 5.56 Å². The lowest BCUT2D eigenvalue weighted by Gasteiger charge is -2.33. The molecule has 28 heavy (non-hydrogen) atoms. The number of hydrogen-bond acceptors (Lipinski definition) is 4. The first kappa shape index (κ1) is 20.5. The molecule has 0 unspecified atom stereocenters. The molecule has 0 saturated heterocycles.